The fraction of sp³-hybridized carbons (Fsp3) is 0.111. The third-order valence-corrected chi connectivity index (χ3v) is 5.65. The van der Waals surface area contributed by atoms with Crippen LogP contribution in [0.15, 0.2) is 64.9 Å². The van der Waals surface area contributed by atoms with Crippen LogP contribution in [0.2, 0.25) is 5.02 Å². The number of rotatable bonds is 6. The van der Waals surface area contributed by atoms with Crippen LogP contribution in [0.4, 0.5) is 8.78 Å². The topological polar surface area (TPSA) is 25.8 Å². The van der Waals surface area contributed by atoms with Gasteiger partial charge in [-0.1, -0.05) is 29.8 Å². The zero-order valence-corrected chi connectivity index (χ0v) is 15.3. The van der Waals surface area contributed by atoms with Gasteiger partial charge in [0.1, 0.15) is 28.0 Å². The van der Waals surface area contributed by atoms with Gasteiger partial charge < -0.3 is 0 Å². The fourth-order valence-corrected chi connectivity index (χ4v) is 4.12. The Morgan fingerprint density at radius 2 is 1.52 bits per heavy atom. The van der Waals surface area contributed by atoms with Crippen LogP contribution in [0.3, 0.4) is 0 Å². The Labute approximate surface area is 158 Å². The zero-order valence-electron chi connectivity index (χ0n) is 13.0. The predicted molar refractivity (Wildman–Crippen MR) is 99.0 cm³/mol. The lowest BCUT2D eigenvalue weighted by Crippen LogP contribution is -1.91. The van der Waals surface area contributed by atoms with Crippen molar-refractivity contribution in [3.63, 3.8) is 0 Å². The highest BCUT2D eigenvalue weighted by Crippen LogP contribution is 2.28. The van der Waals surface area contributed by atoms with Gasteiger partial charge in [0.25, 0.3) is 0 Å². The van der Waals surface area contributed by atoms with E-state index in [1.54, 1.807) is 11.8 Å². The summed E-state index contributed by atoms with van der Waals surface area (Å²) in [6, 6.07) is 12.9. The van der Waals surface area contributed by atoms with E-state index in [1.165, 1.54) is 24.2 Å². The molecule has 0 saturated heterocycles. The molecule has 128 valence electrons. The second-order valence-corrected chi connectivity index (χ2v) is 7.50. The Bertz CT molecular complexity index is 877. The van der Waals surface area contributed by atoms with Crippen molar-refractivity contribution in [3.8, 4) is 0 Å². The Hall–Kier alpha value is -1.63. The van der Waals surface area contributed by atoms with Crippen molar-refractivity contribution >= 4 is 35.1 Å². The van der Waals surface area contributed by atoms with E-state index in [4.69, 9.17) is 11.6 Å². The Kier molecular flexibility index (Phi) is 6.29. The summed E-state index contributed by atoms with van der Waals surface area (Å²) in [7, 11) is 0. The van der Waals surface area contributed by atoms with Gasteiger partial charge in [-0.3, -0.25) is 0 Å². The highest BCUT2D eigenvalue weighted by molar-refractivity contribution is 7.99. The minimum absolute atomic E-state index is 0.301. The number of thioether (sulfide) groups is 2. The van der Waals surface area contributed by atoms with E-state index < -0.39 is 11.6 Å². The summed E-state index contributed by atoms with van der Waals surface area (Å²) in [6.07, 6.45) is 1.47. The molecular weight excluding hydrogens is 382 g/mol. The van der Waals surface area contributed by atoms with Crippen LogP contribution in [-0.4, -0.2) is 9.97 Å². The number of nitrogens with zero attached hydrogens (tertiary/aromatic N) is 2. The summed E-state index contributed by atoms with van der Waals surface area (Å²) in [6.45, 7) is 0. The number of hydrogen-bond acceptors (Lipinski definition) is 4. The molecule has 0 aliphatic carbocycles. The largest absolute Gasteiger partial charge is 0.230 e. The van der Waals surface area contributed by atoms with E-state index in [0.29, 0.717) is 22.1 Å². The van der Waals surface area contributed by atoms with Crippen LogP contribution in [0.5, 0.6) is 0 Å². The molecule has 0 amide bonds. The molecule has 7 heteroatoms. The first-order valence-corrected chi connectivity index (χ1v) is 9.72. The number of aromatic nitrogens is 2. The van der Waals surface area contributed by atoms with E-state index >= 15 is 0 Å². The molecule has 2 nitrogen and oxygen atoms in total. The maximum atomic E-state index is 13.7. The van der Waals surface area contributed by atoms with E-state index in [-0.39, 0.29) is 0 Å². The van der Waals surface area contributed by atoms with Crippen LogP contribution in [0.1, 0.15) is 11.1 Å². The second kappa shape index (κ2) is 8.65. The van der Waals surface area contributed by atoms with Gasteiger partial charge in [0.2, 0.25) is 0 Å². The quantitative estimate of drug-likeness (QED) is 0.378. The van der Waals surface area contributed by atoms with Crippen molar-refractivity contribution in [2.45, 2.75) is 21.6 Å². The molecule has 0 aliphatic heterocycles. The van der Waals surface area contributed by atoms with Crippen LogP contribution >= 0.6 is 35.1 Å². The zero-order chi connectivity index (χ0) is 17.6. The van der Waals surface area contributed by atoms with Crippen LogP contribution in [-0.2, 0) is 11.5 Å². The Balaban J connectivity index is 1.63. The third kappa shape index (κ3) is 5.17. The van der Waals surface area contributed by atoms with Crippen molar-refractivity contribution in [1.82, 2.24) is 9.97 Å². The van der Waals surface area contributed by atoms with Gasteiger partial charge in [-0.05, 0) is 29.8 Å². The van der Waals surface area contributed by atoms with Gasteiger partial charge in [-0.25, -0.2) is 18.7 Å². The smallest absolute Gasteiger partial charge is 0.127 e. The molecule has 0 radical (unpaired) electrons. The van der Waals surface area contributed by atoms with Crippen molar-refractivity contribution in [2.75, 3.05) is 0 Å². The number of halogens is 3. The molecule has 0 atom stereocenters. The SMILES string of the molecule is Fc1ccc(F)c(CSc2cc(SCc3ccccc3Cl)ncn2)c1. The Morgan fingerprint density at radius 1 is 0.840 bits per heavy atom. The molecule has 0 spiro atoms. The molecule has 0 bridgehead atoms. The van der Waals surface area contributed by atoms with Gasteiger partial charge in [0.05, 0.1) is 0 Å². The highest BCUT2D eigenvalue weighted by atomic mass is 35.5. The number of benzene rings is 2. The normalized spacial score (nSPS) is 10.8. The first-order chi connectivity index (χ1) is 12.1. The summed E-state index contributed by atoms with van der Waals surface area (Å²) < 4.78 is 26.9. The van der Waals surface area contributed by atoms with Gasteiger partial charge in [0.15, 0.2) is 0 Å². The Morgan fingerprint density at radius 3 is 2.24 bits per heavy atom. The van der Waals surface area contributed by atoms with Crippen molar-refractivity contribution in [1.29, 1.82) is 0 Å². The van der Waals surface area contributed by atoms with E-state index in [2.05, 4.69) is 9.97 Å². The lowest BCUT2D eigenvalue weighted by atomic mass is 10.2. The summed E-state index contributed by atoms with van der Waals surface area (Å²) in [5, 5.41) is 2.23. The highest BCUT2D eigenvalue weighted by Gasteiger charge is 2.07. The molecule has 0 aliphatic rings. The average molecular weight is 395 g/mol. The molecule has 3 rings (SSSR count). The maximum absolute atomic E-state index is 13.7. The summed E-state index contributed by atoms with van der Waals surface area (Å²) in [4.78, 5) is 8.41. The molecule has 1 aromatic heterocycles. The number of hydrogen-bond donors (Lipinski definition) is 0. The molecule has 2 aromatic carbocycles. The molecule has 0 N–H and O–H groups in total. The van der Waals surface area contributed by atoms with Crippen molar-refractivity contribution < 1.29 is 8.78 Å². The molecule has 0 saturated carbocycles. The third-order valence-electron chi connectivity index (χ3n) is 3.33. The second-order valence-electron chi connectivity index (χ2n) is 5.10. The maximum Gasteiger partial charge on any atom is 0.127 e. The molecule has 0 fully saturated rings. The van der Waals surface area contributed by atoms with E-state index in [0.717, 1.165) is 27.7 Å². The van der Waals surface area contributed by atoms with E-state index in [9.17, 15) is 8.78 Å². The lowest BCUT2D eigenvalue weighted by Gasteiger charge is -2.06. The van der Waals surface area contributed by atoms with Crippen LogP contribution in [0, 0.1) is 11.6 Å². The van der Waals surface area contributed by atoms with Gasteiger partial charge in [-0.2, -0.15) is 0 Å². The van der Waals surface area contributed by atoms with E-state index in [1.807, 2.05) is 30.3 Å². The van der Waals surface area contributed by atoms with Crippen molar-refractivity contribution in [2.24, 2.45) is 0 Å². The molecule has 25 heavy (non-hydrogen) atoms. The lowest BCUT2D eigenvalue weighted by molar-refractivity contribution is 0.591. The molecule has 0 unspecified atom stereocenters. The van der Waals surface area contributed by atoms with Crippen LogP contribution in [0.25, 0.3) is 0 Å². The van der Waals surface area contributed by atoms with Gasteiger partial charge >= 0.3 is 0 Å². The molecule has 3 aromatic rings. The monoisotopic (exact) mass is 394 g/mol. The van der Waals surface area contributed by atoms with Gasteiger partial charge in [0, 0.05) is 28.2 Å². The first kappa shape index (κ1) is 18.2. The molecular formula is C18H13ClF2N2S2. The van der Waals surface area contributed by atoms with Gasteiger partial charge in [-0.15, -0.1) is 23.5 Å². The molecule has 1 heterocycles. The minimum Gasteiger partial charge on any atom is -0.230 e. The van der Waals surface area contributed by atoms with Crippen molar-refractivity contribution in [3.05, 3.63) is 82.6 Å². The predicted octanol–water partition coefficient (Wildman–Crippen LogP) is 5.99. The average Bonchev–Trinajstić information content (AvgIpc) is 2.62. The fourth-order valence-electron chi connectivity index (χ4n) is 2.05. The van der Waals surface area contributed by atoms with Crippen LogP contribution < -0.4 is 0 Å². The minimum atomic E-state index is -0.448. The summed E-state index contributed by atoms with van der Waals surface area (Å²) >= 11 is 9.03. The standard InChI is InChI=1S/C18H13ClF2N2S2/c19-15-4-2-1-3-12(15)9-24-17-8-18(23-11-22-17)25-10-13-7-14(20)5-6-16(13)21/h1-8,11H,9-10H2. The summed E-state index contributed by atoms with van der Waals surface area (Å²) in [5.41, 5.74) is 1.35. The summed E-state index contributed by atoms with van der Waals surface area (Å²) in [5.74, 6) is 0.126. The first-order valence-electron chi connectivity index (χ1n) is 7.37.